The van der Waals surface area contributed by atoms with E-state index in [0.29, 0.717) is 15.8 Å². The molecule has 7 heteroatoms. The third kappa shape index (κ3) is 4.15. The van der Waals surface area contributed by atoms with E-state index in [4.69, 9.17) is 51.4 Å². The Kier molecular flexibility index (Phi) is 5.83. The largest absolute Gasteiger partial charge is 0.454 e. The van der Waals surface area contributed by atoms with E-state index in [1.807, 2.05) is 42.5 Å². The van der Waals surface area contributed by atoms with Crippen LogP contribution >= 0.6 is 47.0 Å². The fourth-order valence-corrected chi connectivity index (χ4v) is 3.95. The van der Waals surface area contributed by atoms with E-state index in [0.717, 1.165) is 47.5 Å². The van der Waals surface area contributed by atoms with Gasteiger partial charge in [0.05, 0.1) is 10.0 Å². The first-order valence-corrected chi connectivity index (χ1v) is 10.4. The molecular formula is C21H17Cl3N2OS. The highest BCUT2D eigenvalue weighted by Gasteiger charge is 2.22. The van der Waals surface area contributed by atoms with Crippen molar-refractivity contribution in [3.8, 4) is 11.3 Å². The second kappa shape index (κ2) is 8.34. The third-order valence-electron chi connectivity index (χ3n) is 4.78. The molecule has 2 aromatic carbocycles. The van der Waals surface area contributed by atoms with Gasteiger partial charge >= 0.3 is 0 Å². The van der Waals surface area contributed by atoms with Gasteiger partial charge in [-0.15, -0.1) is 0 Å². The zero-order valence-corrected chi connectivity index (χ0v) is 18.0. The van der Waals surface area contributed by atoms with Gasteiger partial charge in [0.2, 0.25) is 0 Å². The summed E-state index contributed by atoms with van der Waals surface area (Å²) in [5.41, 5.74) is 2.05. The van der Waals surface area contributed by atoms with Crippen LogP contribution in [-0.2, 0) is 0 Å². The topological polar surface area (TPSA) is 19.6 Å². The maximum atomic E-state index is 6.11. The van der Waals surface area contributed by atoms with Gasteiger partial charge in [-0.2, -0.15) is 0 Å². The van der Waals surface area contributed by atoms with Gasteiger partial charge in [0.25, 0.3) is 0 Å². The number of rotatable bonds is 3. The monoisotopic (exact) mass is 450 g/mol. The zero-order chi connectivity index (χ0) is 19.7. The van der Waals surface area contributed by atoms with Crippen LogP contribution in [0.3, 0.4) is 0 Å². The number of anilines is 1. The van der Waals surface area contributed by atoms with Crippen molar-refractivity contribution >= 4 is 57.7 Å². The maximum absolute atomic E-state index is 6.11. The van der Waals surface area contributed by atoms with Crippen molar-refractivity contribution in [1.29, 1.82) is 0 Å². The van der Waals surface area contributed by atoms with Crippen molar-refractivity contribution in [3.05, 3.63) is 75.4 Å². The molecule has 4 rings (SSSR count). The fourth-order valence-electron chi connectivity index (χ4n) is 3.23. The quantitative estimate of drug-likeness (QED) is 0.429. The van der Waals surface area contributed by atoms with Gasteiger partial charge in [0.1, 0.15) is 10.7 Å². The van der Waals surface area contributed by atoms with E-state index in [1.54, 1.807) is 12.1 Å². The normalized spacial score (nSPS) is 14.4. The number of benzene rings is 2. The number of hydrogen-bond acceptors (Lipinski definition) is 3. The fraction of sp³-hybridized carbons (Fsp3) is 0.190. The third-order valence-corrected chi connectivity index (χ3v) is 6.23. The summed E-state index contributed by atoms with van der Waals surface area (Å²) in [7, 11) is 0. The Bertz CT molecular complexity index is 995. The first-order chi connectivity index (χ1) is 13.5. The van der Waals surface area contributed by atoms with Crippen LogP contribution in [0.1, 0.15) is 5.76 Å². The Labute approximate surface area is 184 Å². The molecule has 1 fully saturated rings. The van der Waals surface area contributed by atoms with E-state index in [1.165, 1.54) is 5.69 Å². The standard InChI is InChI=1S/C21H17Cl3N2OS/c22-15-2-4-16(5-3-15)25-9-11-26(12-10-25)21(28)20-8-7-19(27-20)14-1-6-17(23)18(24)13-14/h1-8,13H,9-12H2. The molecule has 2 heterocycles. The Morgan fingerprint density at radius 3 is 2.21 bits per heavy atom. The first kappa shape index (κ1) is 19.6. The maximum Gasteiger partial charge on any atom is 0.162 e. The summed E-state index contributed by atoms with van der Waals surface area (Å²) in [6, 6.07) is 17.2. The highest BCUT2D eigenvalue weighted by Crippen LogP contribution is 2.30. The highest BCUT2D eigenvalue weighted by atomic mass is 35.5. The molecule has 1 aliphatic heterocycles. The van der Waals surface area contributed by atoms with E-state index >= 15 is 0 Å². The van der Waals surface area contributed by atoms with Crippen LogP contribution in [-0.4, -0.2) is 36.1 Å². The van der Waals surface area contributed by atoms with Crippen molar-refractivity contribution in [2.45, 2.75) is 0 Å². The molecule has 0 saturated carbocycles. The molecule has 0 amide bonds. The minimum Gasteiger partial charge on any atom is -0.454 e. The van der Waals surface area contributed by atoms with Crippen LogP contribution in [0.4, 0.5) is 5.69 Å². The summed E-state index contributed by atoms with van der Waals surface area (Å²) >= 11 is 23.7. The number of thiocarbonyl (C=S) groups is 1. The summed E-state index contributed by atoms with van der Waals surface area (Å²) in [6.07, 6.45) is 0. The summed E-state index contributed by atoms with van der Waals surface area (Å²) in [5.74, 6) is 1.41. The molecule has 0 bridgehead atoms. The molecular weight excluding hydrogens is 435 g/mol. The Morgan fingerprint density at radius 2 is 1.54 bits per heavy atom. The number of piperazine rings is 1. The highest BCUT2D eigenvalue weighted by molar-refractivity contribution is 7.80. The summed E-state index contributed by atoms with van der Waals surface area (Å²) < 4.78 is 5.99. The van der Waals surface area contributed by atoms with Gasteiger partial charge in [-0.3, -0.25) is 0 Å². The molecule has 1 aromatic heterocycles. The zero-order valence-electron chi connectivity index (χ0n) is 14.9. The molecule has 0 aliphatic carbocycles. The van der Waals surface area contributed by atoms with Crippen LogP contribution < -0.4 is 4.90 Å². The minimum atomic E-state index is 0.498. The molecule has 28 heavy (non-hydrogen) atoms. The van der Waals surface area contributed by atoms with Crippen LogP contribution in [0.15, 0.2) is 59.0 Å². The van der Waals surface area contributed by atoms with Crippen LogP contribution in [0.2, 0.25) is 15.1 Å². The van der Waals surface area contributed by atoms with Crippen molar-refractivity contribution in [3.63, 3.8) is 0 Å². The molecule has 1 saturated heterocycles. The molecule has 3 nitrogen and oxygen atoms in total. The molecule has 0 unspecified atom stereocenters. The summed E-state index contributed by atoms with van der Waals surface area (Å²) in [5, 5.41) is 1.77. The Hall–Kier alpha value is -1.72. The Balaban J connectivity index is 1.42. The summed E-state index contributed by atoms with van der Waals surface area (Å²) in [6.45, 7) is 3.46. The van der Waals surface area contributed by atoms with E-state index in [2.05, 4.69) is 9.80 Å². The second-order valence-electron chi connectivity index (χ2n) is 6.55. The number of halogens is 3. The van der Waals surface area contributed by atoms with Gasteiger partial charge < -0.3 is 14.2 Å². The Morgan fingerprint density at radius 1 is 0.821 bits per heavy atom. The van der Waals surface area contributed by atoms with Crippen molar-refractivity contribution < 1.29 is 4.42 Å². The predicted molar refractivity (Wildman–Crippen MR) is 121 cm³/mol. The van der Waals surface area contributed by atoms with Crippen LogP contribution in [0, 0.1) is 0 Å². The second-order valence-corrected chi connectivity index (χ2v) is 8.19. The van der Waals surface area contributed by atoms with Gasteiger partial charge in [-0.1, -0.05) is 47.0 Å². The average Bonchev–Trinajstić information content (AvgIpc) is 3.20. The lowest BCUT2D eigenvalue weighted by Crippen LogP contribution is -2.48. The van der Waals surface area contributed by atoms with E-state index < -0.39 is 0 Å². The molecule has 1 aliphatic rings. The molecule has 0 N–H and O–H groups in total. The predicted octanol–water partition coefficient (Wildman–Crippen LogP) is 6.40. The lowest BCUT2D eigenvalue weighted by molar-refractivity contribution is 0.385. The first-order valence-electron chi connectivity index (χ1n) is 8.86. The van der Waals surface area contributed by atoms with Crippen molar-refractivity contribution in [1.82, 2.24) is 4.90 Å². The number of hydrogen-bond donors (Lipinski definition) is 0. The van der Waals surface area contributed by atoms with Gasteiger partial charge in [0, 0.05) is 42.5 Å². The molecule has 0 atom stereocenters. The molecule has 144 valence electrons. The minimum absolute atomic E-state index is 0.498. The lowest BCUT2D eigenvalue weighted by Gasteiger charge is -2.37. The summed E-state index contributed by atoms with van der Waals surface area (Å²) in [4.78, 5) is 5.24. The molecule has 0 spiro atoms. The lowest BCUT2D eigenvalue weighted by atomic mass is 10.2. The van der Waals surface area contributed by atoms with Crippen LogP contribution in [0.5, 0.6) is 0 Å². The molecule has 0 radical (unpaired) electrons. The van der Waals surface area contributed by atoms with Gasteiger partial charge in [-0.05, 0) is 54.6 Å². The van der Waals surface area contributed by atoms with E-state index in [9.17, 15) is 0 Å². The smallest absolute Gasteiger partial charge is 0.162 e. The molecule has 3 aromatic rings. The van der Waals surface area contributed by atoms with Crippen LogP contribution in [0.25, 0.3) is 11.3 Å². The van der Waals surface area contributed by atoms with Crippen molar-refractivity contribution in [2.75, 3.05) is 31.1 Å². The van der Waals surface area contributed by atoms with Gasteiger partial charge in [-0.25, -0.2) is 0 Å². The van der Waals surface area contributed by atoms with Gasteiger partial charge in [0.15, 0.2) is 5.76 Å². The number of furan rings is 1. The SMILES string of the molecule is S=C(c1ccc(-c2ccc(Cl)c(Cl)c2)o1)N1CCN(c2ccc(Cl)cc2)CC1. The number of nitrogens with zero attached hydrogens (tertiary/aromatic N) is 2. The van der Waals surface area contributed by atoms with E-state index in [-0.39, 0.29) is 0 Å². The average molecular weight is 452 g/mol. The van der Waals surface area contributed by atoms with Crippen molar-refractivity contribution in [2.24, 2.45) is 0 Å².